The Labute approximate surface area is 130 Å². The fourth-order valence-electron chi connectivity index (χ4n) is 1.74. The topological polar surface area (TPSA) is 68.0 Å². The van der Waals surface area contributed by atoms with Gasteiger partial charge in [-0.15, -0.1) is 0 Å². The predicted octanol–water partition coefficient (Wildman–Crippen LogP) is 3.57. The number of halogens is 2. The molecule has 3 N–H and O–H groups in total. The third-order valence-electron chi connectivity index (χ3n) is 2.84. The van der Waals surface area contributed by atoms with Crippen molar-refractivity contribution in [1.82, 2.24) is 10.3 Å². The van der Waals surface area contributed by atoms with Crippen LogP contribution < -0.4 is 11.1 Å². The van der Waals surface area contributed by atoms with E-state index in [9.17, 15) is 4.79 Å². The molecule has 4 nitrogen and oxygen atoms in total. The number of nitrogens with zero attached hydrogens (tertiary/aromatic N) is 1. The summed E-state index contributed by atoms with van der Waals surface area (Å²) in [6, 6.07) is 9.06. The van der Waals surface area contributed by atoms with Gasteiger partial charge in [0, 0.05) is 10.7 Å². The lowest BCUT2D eigenvalue weighted by Gasteiger charge is -2.15. The maximum atomic E-state index is 12.2. The minimum atomic E-state index is -0.278. The normalized spacial score (nSPS) is 11.9. The molecule has 2 aromatic rings. The first-order valence-electron chi connectivity index (χ1n) is 5.94. The molecule has 0 spiro atoms. The van der Waals surface area contributed by atoms with Crippen molar-refractivity contribution >= 4 is 39.3 Å². The lowest BCUT2D eigenvalue weighted by Crippen LogP contribution is -2.27. The van der Waals surface area contributed by atoms with Gasteiger partial charge >= 0.3 is 0 Å². The highest BCUT2D eigenvalue weighted by Crippen LogP contribution is 2.20. The van der Waals surface area contributed by atoms with Crippen LogP contribution in [-0.2, 0) is 0 Å². The van der Waals surface area contributed by atoms with Crippen LogP contribution in [0.1, 0.15) is 28.9 Å². The summed E-state index contributed by atoms with van der Waals surface area (Å²) in [6.45, 7) is 1.90. The number of carbonyl (C=O) groups excluding carboxylic acids is 1. The Balaban J connectivity index is 2.15. The Morgan fingerprint density at radius 2 is 2.05 bits per heavy atom. The molecule has 1 aromatic carbocycles. The highest BCUT2D eigenvalue weighted by molar-refractivity contribution is 9.10. The molecule has 0 aliphatic carbocycles. The van der Waals surface area contributed by atoms with Gasteiger partial charge in [0.05, 0.1) is 16.6 Å². The van der Waals surface area contributed by atoms with Crippen molar-refractivity contribution in [3.8, 4) is 0 Å². The van der Waals surface area contributed by atoms with E-state index in [1.54, 1.807) is 0 Å². The van der Waals surface area contributed by atoms with E-state index >= 15 is 0 Å². The van der Waals surface area contributed by atoms with E-state index in [0.717, 1.165) is 10.0 Å². The van der Waals surface area contributed by atoms with E-state index < -0.39 is 0 Å². The van der Waals surface area contributed by atoms with Gasteiger partial charge in [0.15, 0.2) is 0 Å². The zero-order chi connectivity index (χ0) is 14.7. The van der Waals surface area contributed by atoms with Gasteiger partial charge in [-0.05, 0) is 30.7 Å². The molecule has 0 aliphatic heterocycles. The molecule has 1 atom stereocenters. The van der Waals surface area contributed by atoms with Crippen LogP contribution in [0.3, 0.4) is 0 Å². The highest BCUT2D eigenvalue weighted by Gasteiger charge is 2.15. The van der Waals surface area contributed by atoms with Gasteiger partial charge in [0.1, 0.15) is 5.82 Å². The molecule has 0 fully saturated rings. The predicted molar refractivity (Wildman–Crippen MR) is 83.7 cm³/mol. The summed E-state index contributed by atoms with van der Waals surface area (Å²) in [7, 11) is 0. The Morgan fingerprint density at radius 1 is 1.40 bits per heavy atom. The van der Waals surface area contributed by atoms with Crippen molar-refractivity contribution in [2.24, 2.45) is 0 Å². The molecule has 6 heteroatoms. The Morgan fingerprint density at radius 3 is 2.70 bits per heavy atom. The van der Waals surface area contributed by atoms with Gasteiger partial charge in [-0.3, -0.25) is 4.79 Å². The molecule has 2 rings (SSSR count). The van der Waals surface area contributed by atoms with Gasteiger partial charge in [0.25, 0.3) is 5.91 Å². The number of hydrogen-bond donors (Lipinski definition) is 2. The van der Waals surface area contributed by atoms with Crippen LogP contribution in [0.5, 0.6) is 0 Å². The number of pyridine rings is 1. The first-order chi connectivity index (χ1) is 9.47. The maximum absolute atomic E-state index is 12.2. The number of rotatable bonds is 3. The molecular weight excluding hydrogens is 342 g/mol. The third kappa shape index (κ3) is 3.49. The van der Waals surface area contributed by atoms with Crippen LogP contribution in [0.4, 0.5) is 5.82 Å². The number of carbonyl (C=O) groups is 1. The van der Waals surface area contributed by atoms with E-state index in [2.05, 4.69) is 26.2 Å². The van der Waals surface area contributed by atoms with Gasteiger partial charge in [0.2, 0.25) is 0 Å². The summed E-state index contributed by atoms with van der Waals surface area (Å²) in [6.07, 6.45) is 1.37. The summed E-state index contributed by atoms with van der Waals surface area (Å²) in [5, 5.41) is 3.16. The van der Waals surface area contributed by atoms with E-state index in [1.807, 2.05) is 31.2 Å². The second kappa shape index (κ2) is 6.24. The number of nitrogens with one attached hydrogen (secondary N) is 1. The molecule has 1 heterocycles. The van der Waals surface area contributed by atoms with Crippen molar-refractivity contribution in [3.63, 3.8) is 0 Å². The van der Waals surface area contributed by atoms with Crippen LogP contribution in [0.15, 0.2) is 41.0 Å². The zero-order valence-electron chi connectivity index (χ0n) is 10.7. The van der Waals surface area contributed by atoms with E-state index in [1.165, 1.54) is 12.3 Å². The van der Waals surface area contributed by atoms with E-state index in [4.69, 9.17) is 17.3 Å². The smallest absolute Gasteiger partial charge is 0.253 e. The van der Waals surface area contributed by atoms with E-state index in [0.29, 0.717) is 5.56 Å². The quantitative estimate of drug-likeness (QED) is 0.885. The number of amides is 1. The summed E-state index contributed by atoms with van der Waals surface area (Å²) in [5.41, 5.74) is 6.89. The Bertz CT molecular complexity index is 631. The van der Waals surface area contributed by atoms with Crippen LogP contribution in [0.25, 0.3) is 0 Å². The van der Waals surface area contributed by atoms with E-state index in [-0.39, 0.29) is 22.8 Å². The summed E-state index contributed by atoms with van der Waals surface area (Å²) >= 11 is 9.33. The highest BCUT2D eigenvalue weighted by atomic mass is 79.9. The number of nitrogen functional groups attached to an aromatic ring is 1. The molecule has 0 radical (unpaired) electrons. The number of aromatic nitrogens is 1. The fourth-order valence-corrected chi connectivity index (χ4v) is 2.19. The first-order valence-corrected chi connectivity index (χ1v) is 7.12. The first kappa shape index (κ1) is 14.8. The summed E-state index contributed by atoms with van der Waals surface area (Å²) < 4.78 is 0.990. The largest absolute Gasteiger partial charge is 0.384 e. The lowest BCUT2D eigenvalue weighted by atomic mass is 10.1. The molecule has 0 saturated heterocycles. The number of anilines is 1. The van der Waals surface area contributed by atoms with Gasteiger partial charge in [-0.25, -0.2) is 4.98 Å². The minimum absolute atomic E-state index is 0.138. The van der Waals surface area contributed by atoms with Crippen LogP contribution in [0, 0.1) is 0 Å². The van der Waals surface area contributed by atoms with Gasteiger partial charge in [-0.2, -0.15) is 0 Å². The van der Waals surface area contributed by atoms with Crippen molar-refractivity contribution in [1.29, 1.82) is 0 Å². The molecule has 20 heavy (non-hydrogen) atoms. The summed E-state index contributed by atoms with van der Waals surface area (Å²) in [5.74, 6) is -0.0182. The zero-order valence-corrected chi connectivity index (χ0v) is 13.1. The Hall–Kier alpha value is -1.59. The van der Waals surface area contributed by atoms with Crippen molar-refractivity contribution in [3.05, 3.63) is 57.2 Å². The number of nitrogens with two attached hydrogens (primary N) is 1. The van der Waals surface area contributed by atoms with Crippen LogP contribution >= 0.6 is 27.5 Å². The number of hydrogen-bond acceptors (Lipinski definition) is 3. The molecule has 0 aliphatic rings. The van der Waals surface area contributed by atoms with Crippen molar-refractivity contribution in [2.45, 2.75) is 13.0 Å². The third-order valence-corrected chi connectivity index (χ3v) is 3.67. The van der Waals surface area contributed by atoms with Crippen LogP contribution in [-0.4, -0.2) is 10.9 Å². The summed E-state index contributed by atoms with van der Waals surface area (Å²) in [4.78, 5) is 16.0. The van der Waals surface area contributed by atoms with Crippen LogP contribution in [0.2, 0.25) is 5.02 Å². The SMILES string of the molecule is CC(NC(=O)c1cc(N)ncc1Cl)c1ccc(Br)cc1. The molecule has 104 valence electrons. The molecule has 1 amide bonds. The molecule has 1 unspecified atom stereocenters. The maximum Gasteiger partial charge on any atom is 0.253 e. The molecule has 1 aromatic heterocycles. The number of benzene rings is 1. The molecule has 0 saturated carbocycles. The lowest BCUT2D eigenvalue weighted by molar-refractivity contribution is 0.0940. The molecule has 0 bridgehead atoms. The van der Waals surface area contributed by atoms with Crippen molar-refractivity contribution in [2.75, 3.05) is 5.73 Å². The van der Waals surface area contributed by atoms with Gasteiger partial charge < -0.3 is 11.1 Å². The minimum Gasteiger partial charge on any atom is -0.384 e. The molecular formula is C14H13BrClN3O. The van der Waals surface area contributed by atoms with Crippen molar-refractivity contribution < 1.29 is 4.79 Å². The standard InChI is InChI=1S/C14H13BrClN3O/c1-8(9-2-4-10(15)5-3-9)19-14(20)11-6-13(17)18-7-12(11)16/h2-8H,1H3,(H2,17,18)(H,19,20). The fraction of sp³-hybridized carbons (Fsp3) is 0.143. The second-order valence-corrected chi connectivity index (χ2v) is 5.66. The Kier molecular flexibility index (Phi) is 4.62. The van der Waals surface area contributed by atoms with Gasteiger partial charge in [-0.1, -0.05) is 39.7 Å². The second-order valence-electron chi connectivity index (χ2n) is 4.34. The average Bonchev–Trinajstić information content (AvgIpc) is 2.42. The average molecular weight is 355 g/mol. The monoisotopic (exact) mass is 353 g/mol.